The van der Waals surface area contributed by atoms with Crippen LogP contribution in [0.1, 0.15) is 70.1 Å². The summed E-state index contributed by atoms with van der Waals surface area (Å²) >= 11 is 1.68. The van der Waals surface area contributed by atoms with E-state index in [1.807, 2.05) is 49.6 Å². The zero-order valence-corrected chi connectivity index (χ0v) is 25.3. The van der Waals surface area contributed by atoms with Crippen LogP contribution < -0.4 is 10.7 Å². The first-order valence-electron chi connectivity index (χ1n) is 14.1. The van der Waals surface area contributed by atoms with E-state index in [4.69, 9.17) is 0 Å². The highest BCUT2D eigenvalue weighted by Gasteiger charge is 2.33. The average Bonchev–Trinajstić information content (AvgIpc) is 3.40. The maximum atomic E-state index is 13.1. The van der Waals surface area contributed by atoms with Crippen LogP contribution in [0.5, 0.6) is 0 Å². The molecule has 1 aromatic heterocycles. The van der Waals surface area contributed by atoms with Gasteiger partial charge in [0.25, 0.3) is 5.91 Å². The van der Waals surface area contributed by atoms with Crippen molar-refractivity contribution >= 4 is 44.6 Å². The minimum Gasteiger partial charge on any atom is -0.322 e. The average molecular weight is 593 g/mol. The lowest BCUT2D eigenvalue weighted by molar-refractivity contribution is -0.126. The molecule has 1 aliphatic heterocycles. The standard InChI is InChI=1S/C31H36N4O4S2/c1-20-8-13-29(21(2)18-20)41(38,39)35-16-14-24(15-17-35)30(36)34-33-22(3)23-9-11-25(12-10-23)32-31(37)27-19-40-28-7-5-4-6-26(27)28/h8-13,18-19,24H,4-7,14-17H2,1-3H3,(H,32,37)(H,34,36)/b33-22-. The van der Waals surface area contributed by atoms with Crippen molar-refractivity contribution in [2.45, 2.75) is 64.2 Å². The molecule has 0 bridgehead atoms. The Morgan fingerprint density at radius 3 is 2.41 bits per heavy atom. The van der Waals surface area contributed by atoms with Gasteiger partial charge in [0, 0.05) is 35.0 Å². The van der Waals surface area contributed by atoms with Gasteiger partial charge in [-0.2, -0.15) is 9.41 Å². The Hall–Kier alpha value is -3.34. The quantitative estimate of drug-likeness (QED) is 0.282. The number of rotatable bonds is 7. The normalized spacial score (nSPS) is 16.7. The Kier molecular flexibility index (Phi) is 8.72. The number of hydrogen-bond donors (Lipinski definition) is 2. The summed E-state index contributed by atoms with van der Waals surface area (Å²) in [6.07, 6.45) is 5.22. The second kappa shape index (κ2) is 12.3. The van der Waals surface area contributed by atoms with Gasteiger partial charge < -0.3 is 5.32 Å². The number of thiophene rings is 1. The van der Waals surface area contributed by atoms with Gasteiger partial charge in [0.1, 0.15) is 0 Å². The van der Waals surface area contributed by atoms with Crippen LogP contribution in [0, 0.1) is 19.8 Å². The summed E-state index contributed by atoms with van der Waals surface area (Å²) in [6, 6.07) is 12.7. The number of hydrogen-bond acceptors (Lipinski definition) is 6. The van der Waals surface area contributed by atoms with E-state index in [2.05, 4.69) is 15.8 Å². The molecule has 1 saturated heterocycles. The van der Waals surface area contributed by atoms with Crippen LogP contribution in [0.15, 0.2) is 57.8 Å². The number of aryl methyl sites for hydroxylation is 3. The van der Waals surface area contributed by atoms with E-state index < -0.39 is 10.0 Å². The molecule has 0 atom stereocenters. The van der Waals surface area contributed by atoms with E-state index in [-0.39, 0.29) is 30.8 Å². The predicted molar refractivity (Wildman–Crippen MR) is 163 cm³/mol. The molecule has 0 radical (unpaired) electrons. The van der Waals surface area contributed by atoms with Crippen LogP contribution in [0.3, 0.4) is 0 Å². The molecule has 10 heteroatoms. The molecule has 2 aromatic carbocycles. The molecule has 2 N–H and O–H groups in total. The van der Waals surface area contributed by atoms with E-state index in [0.29, 0.717) is 29.1 Å². The Bertz CT molecular complexity index is 1580. The van der Waals surface area contributed by atoms with Crippen molar-refractivity contribution in [3.05, 3.63) is 80.5 Å². The summed E-state index contributed by atoms with van der Waals surface area (Å²) in [5.74, 6) is -0.601. The highest BCUT2D eigenvalue weighted by atomic mass is 32.2. The van der Waals surface area contributed by atoms with Crippen molar-refractivity contribution in [3.63, 3.8) is 0 Å². The number of piperidine rings is 1. The second-order valence-electron chi connectivity index (χ2n) is 10.9. The third kappa shape index (κ3) is 6.45. The Morgan fingerprint density at radius 2 is 1.71 bits per heavy atom. The lowest BCUT2D eigenvalue weighted by Crippen LogP contribution is -2.42. The molecule has 2 heterocycles. The number of sulfonamides is 1. The number of nitrogens with zero attached hydrogens (tertiary/aromatic N) is 2. The molecule has 0 unspecified atom stereocenters. The Labute approximate surface area is 245 Å². The largest absolute Gasteiger partial charge is 0.322 e. The zero-order chi connectivity index (χ0) is 29.1. The molecular formula is C31H36N4O4S2. The molecule has 216 valence electrons. The van der Waals surface area contributed by atoms with E-state index in [0.717, 1.165) is 41.5 Å². The van der Waals surface area contributed by atoms with Gasteiger partial charge in [-0.3, -0.25) is 9.59 Å². The smallest absolute Gasteiger partial charge is 0.256 e. The summed E-state index contributed by atoms with van der Waals surface area (Å²) in [4.78, 5) is 27.3. The van der Waals surface area contributed by atoms with Crippen molar-refractivity contribution in [2.75, 3.05) is 18.4 Å². The first-order chi connectivity index (χ1) is 19.6. The number of carbonyl (C=O) groups is 2. The molecule has 0 spiro atoms. The van der Waals surface area contributed by atoms with Crippen molar-refractivity contribution in [3.8, 4) is 0 Å². The lowest BCUT2D eigenvalue weighted by atomic mass is 9.95. The van der Waals surface area contributed by atoms with Crippen molar-refractivity contribution < 1.29 is 18.0 Å². The highest BCUT2D eigenvalue weighted by Crippen LogP contribution is 2.31. The number of benzene rings is 2. The van der Waals surface area contributed by atoms with Crippen LogP contribution in [-0.2, 0) is 27.7 Å². The number of nitrogens with one attached hydrogen (secondary N) is 2. The van der Waals surface area contributed by atoms with Gasteiger partial charge in [-0.25, -0.2) is 13.8 Å². The Morgan fingerprint density at radius 1 is 1.00 bits per heavy atom. The third-order valence-electron chi connectivity index (χ3n) is 7.97. The van der Waals surface area contributed by atoms with Gasteiger partial charge in [-0.15, -0.1) is 11.3 Å². The fourth-order valence-electron chi connectivity index (χ4n) is 5.56. The molecule has 3 aromatic rings. The van der Waals surface area contributed by atoms with Crippen molar-refractivity contribution in [1.29, 1.82) is 0 Å². The monoisotopic (exact) mass is 592 g/mol. The highest BCUT2D eigenvalue weighted by molar-refractivity contribution is 7.89. The second-order valence-corrected chi connectivity index (χ2v) is 13.8. The van der Waals surface area contributed by atoms with E-state index in [1.54, 1.807) is 30.4 Å². The van der Waals surface area contributed by atoms with Crippen LogP contribution in [0.2, 0.25) is 0 Å². The molecule has 5 rings (SSSR count). The summed E-state index contributed by atoms with van der Waals surface area (Å²) in [5.41, 5.74) is 8.54. The first-order valence-corrected chi connectivity index (χ1v) is 16.4. The molecule has 1 fully saturated rings. The van der Waals surface area contributed by atoms with E-state index >= 15 is 0 Å². The van der Waals surface area contributed by atoms with Crippen molar-refractivity contribution in [2.24, 2.45) is 11.0 Å². The third-order valence-corrected chi connectivity index (χ3v) is 11.1. The zero-order valence-electron chi connectivity index (χ0n) is 23.7. The number of carbonyl (C=O) groups excluding carboxylic acids is 2. The number of hydrazone groups is 1. The summed E-state index contributed by atoms with van der Waals surface area (Å²) in [7, 11) is -3.60. The predicted octanol–water partition coefficient (Wildman–Crippen LogP) is 5.44. The molecule has 0 saturated carbocycles. The SMILES string of the molecule is C/C(=N/NC(=O)C1CCN(S(=O)(=O)c2ccc(C)cc2C)CC1)c1ccc(NC(=O)c2csc3c2CCCC3)cc1. The molecule has 8 nitrogen and oxygen atoms in total. The minimum atomic E-state index is -3.60. The van der Waals surface area contributed by atoms with Crippen LogP contribution >= 0.6 is 11.3 Å². The summed E-state index contributed by atoms with van der Waals surface area (Å²) < 4.78 is 27.8. The summed E-state index contributed by atoms with van der Waals surface area (Å²) in [6.45, 7) is 6.13. The molecule has 1 aliphatic carbocycles. The fourth-order valence-corrected chi connectivity index (χ4v) is 8.36. The van der Waals surface area contributed by atoms with Crippen LogP contribution in [0.4, 0.5) is 5.69 Å². The molecule has 41 heavy (non-hydrogen) atoms. The van der Waals surface area contributed by atoms with E-state index in [9.17, 15) is 18.0 Å². The topological polar surface area (TPSA) is 108 Å². The number of fused-ring (bicyclic) bond motifs is 1. The van der Waals surface area contributed by atoms with Crippen LogP contribution in [0.25, 0.3) is 0 Å². The maximum Gasteiger partial charge on any atom is 0.256 e. The lowest BCUT2D eigenvalue weighted by Gasteiger charge is -2.30. The van der Waals surface area contributed by atoms with Gasteiger partial charge in [0.05, 0.1) is 16.2 Å². The number of amides is 2. The van der Waals surface area contributed by atoms with Gasteiger partial charge in [-0.05, 0) is 94.2 Å². The van der Waals surface area contributed by atoms with E-state index in [1.165, 1.54) is 21.2 Å². The molecule has 2 amide bonds. The Balaban J connectivity index is 1.13. The first kappa shape index (κ1) is 29.2. The van der Waals surface area contributed by atoms with Gasteiger partial charge in [0.2, 0.25) is 15.9 Å². The van der Waals surface area contributed by atoms with Crippen LogP contribution in [-0.4, -0.2) is 43.3 Å². The summed E-state index contributed by atoms with van der Waals surface area (Å²) in [5, 5.41) is 9.24. The van der Waals surface area contributed by atoms with Gasteiger partial charge in [0.15, 0.2) is 0 Å². The minimum absolute atomic E-state index is 0.0809. The fraction of sp³-hybridized carbons (Fsp3) is 0.387. The molecular weight excluding hydrogens is 556 g/mol. The molecule has 2 aliphatic rings. The number of anilines is 1. The van der Waals surface area contributed by atoms with Crippen molar-refractivity contribution in [1.82, 2.24) is 9.73 Å². The maximum absolute atomic E-state index is 13.1. The van der Waals surface area contributed by atoms with Gasteiger partial charge >= 0.3 is 0 Å². The van der Waals surface area contributed by atoms with Gasteiger partial charge in [-0.1, -0.05) is 29.8 Å².